The van der Waals surface area contributed by atoms with E-state index in [4.69, 9.17) is 0 Å². The average Bonchev–Trinajstić information content (AvgIpc) is 2.88. The quantitative estimate of drug-likeness (QED) is 0.757. The fraction of sp³-hybridized carbons (Fsp3) is 0.952. The highest BCUT2D eigenvalue weighted by molar-refractivity contribution is 5.79. The van der Waals surface area contributed by atoms with Gasteiger partial charge in [0.2, 0.25) is 0 Å². The maximum Gasteiger partial charge on any atom is 0.133 e. The van der Waals surface area contributed by atoms with Crippen LogP contribution in [0.25, 0.3) is 0 Å². The van der Waals surface area contributed by atoms with Crippen LogP contribution in [0, 0.1) is 34.5 Å². The van der Waals surface area contributed by atoms with Crippen LogP contribution in [0.4, 0.5) is 4.39 Å². The van der Waals surface area contributed by atoms with Crippen LogP contribution in [0.5, 0.6) is 0 Å². The van der Waals surface area contributed by atoms with Crippen LogP contribution in [0.3, 0.4) is 0 Å². The van der Waals surface area contributed by atoms with Gasteiger partial charge < -0.3 is 10.2 Å². The van der Waals surface area contributed by atoms with Crippen LogP contribution in [0.1, 0.15) is 72.1 Å². The first-order valence-corrected chi connectivity index (χ1v) is 10.2. The first-order chi connectivity index (χ1) is 11.6. The molecule has 3 nitrogen and oxygen atoms in total. The second-order valence-electron chi connectivity index (χ2n) is 10.1. The Morgan fingerprint density at radius 1 is 1.08 bits per heavy atom. The summed E-state index contributed by atoms with van der Waals surface area (Å²) >= 11 is 0. The SMILES string of the molecule is CC(=O)[C@@H]1CC[C@@H]2[C@@H]3C[C@H](F)[C@@]4(O)C[C@H](O)CC[C@]4(C)[C@H]3CC[C@]21C. The highest BCUT2D eigenvalue weighted by Crippen LogP contribution is 2.68. The summed E-state index contributed by atoms with van der Waals surface area (Å²) in [4.78, 5) is 12.2. The summed E-state index contributed by atoms with van der Waals surface area (Å²) in [6.45, 7) is 6.04. The van der Waals surface area contributed by atoms with E-state index in [-0.39, 0.29) is 23.7 Å². The molecule has 0 aromatic rings. The van der Waals surface area contributed by atoms with Crippen LogP contribution in [-0.2, 0) is 4.79 Å². The fourth-order valence-electron chi connectivity index (χ4n) is 7.88. The van der Waals surface area contributed by atoms with Gasteiger partial charge in [0.1, 0.15) is 17.6 Å². The average molecular weight is 352 g/mol. The van der Waals surface area contributed by atoms with E-state index in [2.05, 4.69) is 13.8 Å². The molecule has 4 fully saturated rings. The Balaban J connectivity index is 1.69. The van der Waals surface area contributed by atoms with E-state index in [1.807, 2.05) is 0 Å². The molecule has 4 aliphatic rings. The lowest BCUT2D eigenvalue weighted by Gasteiger charge is -2.64. The van der Waals surface area contributed by atoms with Crippen molar-refractivity contribution < 1.29 is 19.4 Å². The van der Waals surface area contributed by atoms with Crippen molar-refractivity contribution in [1.82, 2.24) is 0 Å². The molecule has 0 spiro atoms. The van der Waals surface area contributed by atoms with Gasteiger partial charge in [0, 0.05) is 17.8 Å². The molecular weight excluding hydrogens is 319 g/mol. The van der Waals surface area contributed by atoms with E-state index < -0.39 is 23.3 Å². The molecule has 0 saturated heterocycles. The number of hydrogen-bond donors (Lipinski definition) is 2. The van der Waals surface area contributed by atoms with Crippen molar-refractivity contribution in [3.8, 4) is 0 Å². The van der Waals surface area contributed by atoms with Crippen molar-refractivity contribution >= 4 is 5.78 Å². The lowest BCUT2D eigenvalue weighted by molar-refractivity contribution is -0.249. The minimum atomic E-state index is -1.39. The van der Waals surface area contributed by atoms with Crippen LogP contribution in [0.2, 0.25) is 0 Å². The fourth-order valence-corrected chi connectivity index (χ4v) is 7.88. The van der Waals surface area contributed by atoms with E-state index in [0.29, 0.717) is 36.9 Å². The summed E-state index contributed by atoms with van der Waals surface area (Å²) < 4.78 is 15.3. The molecule has 4 heteroatoms. The molecule has 0 aromatic carbocycles. The molecule has 9 atom stereocenters. The number of alkyl halides is 1. The van der Waals surface area contributed by atoms with Crippen LogP contribution >= 0.6 is 0 Å². The lowest BCUT2D eigenvalue weighted by atomic mass is 9.42. The molecule has 4 rings (SSSR count). The zero-order valence-corrected chi connectivity index (χ0v) is 15.8. The maximum atomic E-state index is 15.3. The second-order valence-corrected chi connectivity index (χ2v) is 10.1. The van der Waals surface area contributed by atoms with Gasteiger partial charge in [0.15, 0.2) is 0 Å². The maximum absolute atomic E-state index is 15.3. The first-order valence-electron chi connectivity index (χ1n) is 10.2. The zero-order valence-electron chi connectivity index (χ0n) is 15.8. The molecule has 142 valence electrons. The van der Waals surface area contributed by atoms with Crippen molar-refractivity contribution in [3.63, 3.8) is 0 Å². The number of carbonyl (C=O) groups excluding carboxylic acids is 1. The van der Waals surface area contributed by atoms with Crippen molar-refractivity contribution in [2.24, 2.45) is 34.5 Å². The summed E-state index contributed by atoms with van der Waals surface area (Å²) in [5, 5.41) is 21.3. The molecule has 0 amide bonds. The summed E-state index contributed by atoms with van der Waals surface area (Å²) in [5.74, 6) is 1.38. The predicted molar refractivity (Wildman–Crippen MR) is 93.6 cm³/mol. The van der Waals surface area contributed by atoms with E-state index in [1.54, 1.807) is 6.92 Å². The number of rotatable bonds is 1. The van der Waals surface area contributed by atoms with Gasteiger partial charge in [-0.15, -0.1) is 0 Å². The number of aliphatic hydroxyl groups excluding tert-OH is 1. The van der Waals surface area contributed by atoms with E-state index in [9.17, 15) is 15.0 Å². The number of hydrogen-bond acceptors (Lipinski definition) is 3. The van der Waals surface area contributed by atoms with Crippen molar-refractivity contribution in [3.05, 3.63) is 0 Å². The molecule has 0 aromatic heterocycles. The number of Topliss-reactive ketones (excluding diaryl/α,β-unsaturated/α-hetero) is 1. The smallest absolute Gasteiger partial charge is 0.133 e. The number of carbonyl (C=O) groups is 1. The molecule has 0 unspecified atom stereocenters. The summed E-state index contributed by atoms with van der Waals surface area (Å²) in [5.41, 5.74) is -1.84. The second kappa shape index (κ2) is 5.51. The van der Waals surface area contributed by atoms with E-state index >= 15 is 4.39 Å². The lowest BCUT2D eigenvalue weighted by Crippen LogP contribution is -2.67. The highest BCUT2D eigenvalue weighted by atomic mass is 19.1. The Morgan fingerprint density at radius 3 is 2.48 bits per heavy atom. The van der Waals surface area contributed by atoms with E-state index in [1.165, 1.54) is 0 Å². The van der Waals surface area contributed by atoms with Crippen molar-refractivity contribution in [2.45, 2.75) is 90.0 Å². The van der Waals surface area contributed by atoms with Gasteiger partial charge >= 0.3 is 0 Å². The third-order valence-electron chi connectivity index (χ3n) is 9.28. The third-order valence-corrected chi connectivity index (χ3v) is 9.28. The Morgan fingerprint density at radius 2 is 1.80 bits per heavy atom. The number of fused-ring (bicyclic) bond motifs is 5. The first kappa shape index (κ1) is 17.9. The molecule has 0 aliphatic heterocycles. The Hall–Kier alpha value is -0.480. The van der Waals surface area contributed by atoms with Gasteiger partial charge in [0.25, 0.3) is 0 Å². The molecule has 0 heterocycles. The predicted octanol–water partition coefficient (Wildman–Crippen LogP) is 3.66. The largest absolute Gasteiger partial charge is 0.393 e. The van der Waals surface area contributed by atoms with Gasteiger partial charge in [-0.3, -0.25) is 4.79 Å². The minimum Gasteiger partial charge on any atom is -0.393 e. The number of ketones is 1. The van der Waals surface area contributed by atoms with Gasteiger partial charge in [-0.25, -0.2) is 4.39 Å². The molecule has 2 N–H and O–H groups in total. The molecule has 4 aliphatic carbocycles. The molecule has 0 bridgehead atoms. The topological polar surface area (TPSA) is 57.5 Å². The normalized spacial score (nSPS) is 58.2. The minimum absolute atomic E-state index is 0.00666. The van der Waals surface area contributed by atoms with Gasteiger partial charge in [-0.05, 0) is 75.0 Å². The van der Waals surface area contributed by atoms with E-state index in [0.717, 1.165) is 25.7 Å². The van der Waals surface area contributed by atoms with Crippen molar-refractivity contribution in [2.75, 3.05) is 0 Å². The highest BCUT2D eigenvalue weighted by Gasteiger charge is 2.68. The van der Waals surface area contributed by atoms with Crippen LogP contribution in [0.15, 0.2) is 0 Å². The molecular formula is C21H33FO3. The van der Waals surface area contributed by atoms with Gasteiger partial charge in [-0.1, -0.05) is 13.8 Å². The van der Waals surface area contributed by atoms with Gasteiger partial charge in [0.05, 0.1) is 6.10 Å². The Bertz CT molecular complexity index is 579. The van der Waals surface area contributed by atoms with Crippen molar-refractivity contribution in [1.29, 1.82) is 0 Å². The monoisotopic (exact) mass is 352 g/mol. The number of aliphatic hydroxyl groups is 2. The van der Waals surface area contributed by atoms with Gasteiger partial charge in [-0.2, -0.15) is 0 Å². The summed E-state index contributed by atoms with van der Waals surface area (Å²) in [6.07, 6.45) is 4.01. The molecule has 0 radical (unpaired) electrons. The van der Waals surface area contributed by atoms with Crippen LogP contribution < -0.4 is 0 Å². The van der Waals surface area contributed by atoms with Crippen LogP contribution in [-0.4, -0.2) is 33.9 Å². The number of halogens is 1. The Labute approximate surface area is 150 Å². The Kier molecular flexibility index (Phi) is 3.95. The molecule has 4 saturated carbocycles. The molecule has 25 heavy (non-hydrogen) atoms. The zero-order chi connectivity index (χ0) is 18.2. The summed E-state index contributed by atoms with van der Waals surface area (Å²) in [6, 6.07) is 0. The third kappa shape index (κ3) is 2.19. The standard InChI is InChI=1S/C21H33FO3/c1-12(23)15-4-5-16-14-10-18(22)21(25)11-13(24)6-9-20(21,3)17(14)7-8-19(15,16)2/h13-18,24-25H,4-11H2,1-3H3/t13-,14+,15+,16-,17+,18+,19+,20-,21+/m1/s1. The summed E-state index contributed by atoms with van der Waals surface area (Å²) in [7, 11) is 0.